The molecule has 1 fully saturated rings. The van der Waals surface area contributed by atoms with E-state index in [-0.39, 0.29) is 0 Å². The standard InChI is InChI=1S/C14H17BrN2OS/c1-9(10-4-6-18-7-5-10)17-13-8-11(15)2-3-12(13)16-14(17)19/h2-3,8-10H,4-7H2,1H3,(H,16,19). The predicted octanol–water partition coefficient (Wildman–Crippen LogP) is 4.45. The fourth-order valence-corrected chi connectivity index (χ4v) is 3.63. The van der Waals surface area contributed by atoms with E-state index in [4.69, 9.17) is 17.0 Å². The van der Waals surface area contributed by atoms with Crippen LogP contribution in [0.3, 0.4) is 0 Å². The van der Waals surface area contributed by atoms with E-state index in [0.29, 0.717) is 12.0 Å². The molecule has 3 rings (SSSR count). The summed E-state index contributed by atoms with van der Waals surface area (Å²) in [4.78, 5) is 3.30. The van der Waals surface area contributed by atoms with Crippen molar-refractivity contribution in [2.24, 2.45) is 5.92 Å². The van der Waals surface area contributed by atoms with Gasteiger partial charge < -0.3 is 14.3 Å². The molecule has 102 valence electrons. The Kier molecular flexibility index (Phi) is 3.78. The number of fused-ring (bicyclic) bond motifs is 1. The molecule has 0 radical (unpaired) electrons. The van der Waals surface area contributed by atoms with Gasteiger partial charge in [0.1, 0.15) is 0 Å². The molecule has 0 saturated carbocycles. The van der Waals surface area contributed by atoms with Crippen LogP contribution in [0.25, 0.3) is 11.0 Å². The molecule has 1 aromatic carbocycles. The van der Waals surface area contributed by atoms with Crippen molar-refractivity contribution in [2.45, 2.75) is 25.8 Å². The number of halogens is 1. The highest BCUT2D eigenvalue weighted by molar-refractivity contribution is 9.10. The van der Waals surface area contributed by atoms with Crippen molar-refractivity contribution < 1.29 is 4.74 Å². The molecule has 1 aromatic heterocycles. The zero-order chi connectivity index (χ0) is 13.4. The molecule has 1 N–H and O–H groups in total. The Morgan fingerprint density at radius 3 is 2.89 bits per heavy atom. The van der Waals surface area contributed by atoms with Crippen LogP contribution in [0.4, 0.5) is 0 Å². The summed E-state index contributed by atoms with van der Waals surface area (Å²) >= 11 is 9.04. The SMILES string of the molecule is CC(C1CCOCC1)n1c(=S)[nH]c2ccc(Br)cc21. The Hall–Kier alpha value is -0.650. The minimum Gasteiger partial charge on any atom is -0.381 e. The fourth-order valence-electron chi connectivity index (χ4n) is 2.91. The van der Waals surface area contributed by atoms with Gasteiger partial charge in [0.2, 0.25) is 0 Å². The van der Waals surface area contributed by atoms with Gasteiger partial charge in [-0.1, -0.05) is 15.9 Å². The number of nitrogens with one attached hydrogen (secondary N) is 1. The average molecular weight is 341 g/mol. The molecule has 3 nitrogen and oxygen atoms in total. The van der Waals surface area contributed by atoms with Gasteiger partial charge in [-0.05, 0) is 56.1 Å². The van der Waals surface area contributed by atoms with Gasteiger partial charge in [0, 0.05) is 23.7 Å². The zero-order valence-corrected chi connectivity index (χ0v) is 13.3. The first-order chi connectivity index (χ1) is 9.16. The summed E-state index contributed by atoms with van der Waals surface area (Å²) in [5.41, 5.74) is 2.28. The number of rotatable bonds is 2. The van der Waals surface area contributed by atoms with E-state index >= 15 is 0 Å². The van der Waals surface area contributed by atoms with Crippen LogP contribution in [0.1, 0.15) is 25.8 Å². The van der Waals surface area contributed by atoms with Crippen LogP contribution in [0.5, 0.6) is 0 Å². The summed E-state index contributed by atoms with van der Waals surface area (Å²) in [6, 6.07) is 6.65. The molecular weight excluding hydrogens is 324 g/mol. The van der Waals surface area contributed by atoms with E-state index in [0.717, 1.165) is 40.8 Å². The zero-order valence-electron chi connectivity index (χ0n) is 10.9. The van der Waals surface area contributed by atoms with Crippen molar-refractivity contribution in [1.29, 1.82) is 0 Å². The summed E-state index contributed by atoms with van der Waals surface area (Å²) in [7, 11) is 0. The van der Waals surface area contributed by atoms with Crippen LogP contribution in [0.2, 0.25) is 0 Å². The topological polar surface area (TPSA) is 29.9 Å². The molecule has 2 aromatic rings. The first-order valence-electron chi connectivity index (χ1n) is 6.64. The molecule has 19 heavy (non-hydrogen) atoms. The van der Waals surface area contributed by atoms with Gasteiger partial charge in [0.25, 0.3) is 0 Å². The van der Waals surface area contributed by atoms with Gasteiger partial charge in [-0.15, -0.1) is 0 Å². The third-order valence-corrected chi connectivity index (χ3v) is 4.83. The molecule has 0 bridgehead atoms. The van der Waals surface area contributed by atoms with E-state index in [9.17, 15) is 0 Å². The van der Waals surface area contributed by atoms with E-state index in [1.54, 1.807) is 0 Å². The molecule has 0 spiro atoms. The van der Waals surface area contributed by atoms with Crippen LogP contribution in [-0.4, -0.2) is 22.8 Å². The summed E-state index contributed by atoms with van der Waals surface area (Å²) in [6.07, 6.45) is 2.23. The number of aromatic nitrogens is 2. The van der Waals surface area contributed by atoms with E-state index in [1.807, 2.05) is 6.07 Å². The fraction of sp³-hybridized carbons (Fsp3) is 0.500. The Morgan fingerprint density at radius 1 is 1.42 bits per heavy atom. The van der Waals surface area contributed by atoms with Gasteiger partial charge in [-0.2, -0.15) is 0 Å². The minimum atomic E-state index is 0.402. The lowest BCUT2D eigenvalue weighted by Crippen LogP contribution is -2.24. The van der Waals surface area contributed by atoms with E-state index in [1.165, 1.54) is 5.52 Å². The van der Waals surface area contributed by atoms with Crippen LogP contribution >= 0.6 is 28.1 Å². The van der Waals surface area contributed by atoms with Crippen LogP contribution < -0.4 is 0 Å². The second-order valence-corrected chi connectivity index (χ2v) is 6.45. The van der Waals surface area contributed by atoms with E-state index in [2.05, 4.69) is 44.5 Å². The van der Waals surface area contributed by atoms with Crippen molar-refractivity contribution in [3.8, 4) is 0 Å². The lowest BCUT2D eigenvalue weighted by Gasteiger charge is -2.29. The maximum Gasteiger partial charge on any atom is 0.178 e. The number of hydrogen-bond acceptors (Lipinski definition) is 2. The highest BCUT2D eigenvalue weighted by Gasteiger charge is 2.23. The monoisotopic (exact) mass is 340 g/mol. The lowest BCUT2D eigenvalue weighted by atomic mass is 9.92. The first kappa shape index (κ1) is 13.3. The molecule has 0 aliphatic carbocycles. The Bertz CT molecular complexity index is 642. The number of H-pyrrole nitrogens is 1. The van der Waals surface area contributed by atoms with Crippen molar-refractivity contribution in [2.75, 3.05) is 13.2 Å². The summed E-state index contributed by atoms with van der Waals surface area (Å²) in [6.45, 7) is 4.00. The third-order valence-electron chi connectivity index (χ3n) is 4.04. The molecule has 1 atom stereocenters. The molecule has 0 amide bonds. The average Bonchev–Trinajstić information content (AvgIpc) is 2.74. The Balaban J connectivity index is 2.05. The first-order valence-corrected chi connectivity index (χ1v) is 7.84. The number of aromatic amines is 1. The van der Waals surface area contributed by atoms with Crippen LogP contribution in [-0.2, 0) is 4.74 Å². The quantitative estimate of drug-likeness (QED) is 0.818. The normalized spacial score (nSPS) is 18.8. The van der Waals surface area contributed by atoms with Crippen LogP contribution in [0.15, 0.2) is 22.7 Å². The Labute approximate surface area is 126 Å². The van der Waals surface area contributed by atoms with Crippen LogP contribution in [0, 0.1) is 10.7 Å². The highest BCUT2D eigenvalue weighted by atomic mass is 79.9. The van der Waals surface area contributed by atoms with Crippen molar-refractivity contribution in [3.63, 3.8) is 0 Å². The predicted molar refractivity (Wildman–Crippen MR) is 83.1 cm³/mol. The summed E-state index contributed by atoms with van der Waals surface area (Å²) in [5.74, 6) is 0.637. The molecule has 5 heteroatoms. The molecule has 1 saturated heterocycles. The summed E-state index contributed by atoms with van der Waals surface area (Å²) in [5, 5.41) is 0. The maximum absolute atomic E-state index is 5.50. The second-order valence-electron chi connectivity index (χ2n) is 5.15. The van der Waals surface area contributed by atoms with Gasteiger partial charge in [0.15, 0.2) is 4.77 Å². The number of imidazole rings is 1. The van der Waals surface area contributed by atoms with Gasteiger partial charge in [-0.3, -0.25) is 0 Å². The largest absolute Gasteiger partial charge is 0.381 e. The molecule has 1 aliphatic heterocycles. The molecule has 1 aliphatic rings. The van der Waals surface area contributed by atoms with Crippen molar-refractivity contribution in [3.05, 3.63) is 27.4 Å². The van der Waals surface area contributed by atoms with Gasteiger partial charge in [-0.25, -0.2) is 0 Å². The Morgan fingerprint density at radius 2 is 2.16 bits per heavy atom. The van der Waals surface area contributed by atoms with Crippen molar-refractivity contribution in [1.82, 2.24) is 9.55 Å². The molecule has 2 heterocycles. The van der Waals surface area contributed by atoms with Gasteiger partial charge >= 0.3 is 0 Å². The van der Waals surface area contributed by atoms with E-state index < -0.39 is 0 Å². The van der Waals surface area contributed by atoms with Crippen molar-refractivity contribution >= 4 is 39.2 Å². The molecular formula is C14H17BrN2OS. The van der Waals surface area contributed by atoms with Gasteiger partial charge in [0.05, 0.1) is 11.0 Å². The number of nitrogens with zero attached hydrogens (tertiary/aromatic N) is 1. The second kappa shape index (κ2) is 5.38. The summed E-state index contributed by atoms with van der Waals surface area (Å²) < 4.78 is 9.61. The highest BCUT2D eigenvalue weighted by Crippen LogP contribution is 2.31. The number of hydrogen-bond donors (Lipinski definition) is 1. The number of benzene rings is 1. The molecule has 1 unspecified atom stereocenters. The lowest BCUT2D eigenvalue weighted by molar-refractivity contribution is 0.0517. The number of ether oxygens (including phenoxy) is 1. The minimum absolute atomic E-state index is 0.402. The third kappa shape index (κ3) is 2.51. The maximum atomic E-state index is 5.50. The smallest absolute Gasteiger partial charge is 0.178 e.